The molecule has 2 aromatic rings. The molecule has 2 amide bonds. The Hall–Kier alpha value is -2.97. The van der Waals surface area contributed by atoms with E-state index in [-0.39, 0.29) is 30.6 Å². The highest BCUT2D eigenvalue weighted by Crippen LogP contribution is 2.43. The highest BCUT2D eigenvalue weighted by Gasteiger charge is 2.43. The van der Waals surface area contributed by atoms with E-state index in [1.54, 1.807) is 11.8 Å². The second kappa shape index (κ2) is 10.7. The summed E-state index contributed by atoms with van der Waals surface area (Å²) in [5.74, 6) is 1.95. The Kier molecular flexibility index (Phi) is 7.10. The molecule has 3 unspecified atom stereocenters. The van der Waals surface area contributed by atoms with Crippen molar-refractivity contribution in [1.29, 1.82) is 0 Å². The molecule has 0 radical (unpaired) electrons. The number of benzene rings is 2. The first-order chi connectivity index (χ1) is 18.4. The summed E-state index contributed by atoms with van der Waals surface area (Å²) in [5, 5.41) is 0.344. The summed E-state index contributed by atoms with van der Waals surface area (Å²) in [7, 11) is 1.91. The van der Waals surface area contributed by atoms with Gasteiger partial charge in [0.05, 0.1) is 4.91 Å². The number of fused-ring (bicyclic) bond motifs is 2. The Morgan fingerprint density at radius 2 is 1.87 bits per heavy atom. The van der Waals surface area contributed by atoms with E-state index in [9.17, 15) is 9.59 Å². The van der Waals surface area contributed by atoms with Gasteiger partial charge in [0.1, 0.15) is 0 Å². The molecule has 200 valence electrons. The van der Waals surface area contributed by atoms with Gasteiger partial charge in [-0.3, -0.25) is 14.5 Å². The number of ether oxygens (including phenoxy) is 2. The quantitative estimate of drug-likeness (QED) is 0.551. The van der Waals surface area contributed by atoms with E-state index >= 15 is 0 Å². The first-order valence-electron chi connectivity index (χ1n) is 13.6. The van der Waals surface area contributed by atoms with Gasteiger partial charge in [-0.1, -0.05) is 35.9 Å². The Labute approximate surface area is 228 Å². The van der Waals surface area contributed by atoms with E-state index in [2.05, 4.69) is 36.1 Å². The molecular weight excluding hydrogens is 498 g/mol. The monoisotopic (exact) mass is 533 g/mol. The van der Waals surface area contributed by atoms with E-state index in [1.807, 2.05) is 41.1 Å². The number of carbonyl (C=O) groups is 2. The molecule has 6 rings (SSSR count). The average Bonchev–Trinajstić information content (AvgIpc) is 3.40. The minimum absolute atomic E-state index is 0.00480. The zero-order chi connectivity index (χ0) is 26.2. The fourth-order valence-electron chi connectivity index (χ4n) is 6.12. The van der Waals surface area contributed by atoms with Gasteiger partial charge in [-0.05, 0) is 55.5 Å². The van der Waals surface area contributed by atoms with E-state index in [1.165, 1.54) is 11.1 Å². The summed E-state index contributed by atoms with van der Waals surface area (Å²) in [6.07, 6.45) is 4.63. The van der Waals surface area contributed by atoms with E-state index in [0.29, 0.717) is 5.25 Å². The maximum absolute atomic E-state index is 13.5. The standard InChI is InChI=1S/C30H35N3O4S/c1-20-4-3-5-21(14-20)16-28-30(35)31(2)24-17-23(7-9-27(24)38-28)29(34)33-12-10-32(11-13-33)18-22-6-8-25-26(15-22)37-19-36-25/h3-6,8,14-16,23-24,27H,7,9-13,17-19H2,1-2H3/b28-16+. The molecule has 3 aliphatic heterocycles. The SMILES string of the molecule is Cc1cccc(/C=C2/SC3CCC(C(=O)N4CCN(Cc5ccc6c(c5)OCO6)CC4)CC3N(C)C2=O)c1. The second-order valence-corrected chi connectivity index (χ2v) is 12.1. The summed E-state index contributed by atoms with van der Waals surface area (Å²) in [6.45, 7) is 6.42. The number of aryl methyl sites for hydroxylation is 1. The number of rotatable bonds is 4. The van der Waals surface area contributed by atoms with Crippen molar-refractivity contribution in [2.24, 2.45) is 5.92 Å². The highest BCUT2D eigenvalue weighted by atomic mass is 32.2. The largest absolute Gasteiger partial charge is 0.454 e. The van der Waals surface area contributed by atoms with E-state index in [4.69, 9.17) is 9.47 Å². The van der Waals surface area contributed by atoms with Crippen LogP contribution in [0, 0.1) is 12.8 Å². The fraction of sp³-hybridized carbons (Fsp3) is 0.467. The van der Waals surface area contributed by atoms with Gasteiger partial charge in [-0.2, -0.15) is 0 Å². The van der Waals surface area contributed by atoms with E-state index < -0.39 is 0 Å². The van der Waals surface area contributed by atoms with Crippen molar-refractivity contribution in [3.8, 4) is 11.5 Å². The number of hydrogen-bond acceptors (Lipinski definition) is 6. The molecule has 2 aromatic carbocycles. The Bertz CT molecular complexity index is 1260. The van der Waals surface area contributed by atoms with E-state index in [0.717, 1.165) is 74.0 Å². The molecule has 7 nitrogen and oxygen atoms in total. The molecule has 3 atom stereocenters. The first kappa shape index (κ1) is 25.3. The number of nitrogens with zero attached hydrogens (tertiary/aromatic N) is 3. The molecule has 3 fully saturated rings. The van der Waals surface area contributed by atoms with Crippen molar-refractivity contribution >= 4 is 29.7 Å². The average molecular weight is 534 g/mol. The number of piperazine rings is 1. The van der Waals surface area contributed by atoms with Crippen LogP contribution in [-0.2, 0) is 16.1 Å². The number of amides is 2. The molecule has 1 saturated carbocycles. The fourth-order valence-corrected chi connectivity index (χ4v) is 7.60. The first-order valence-corrected chi connectivity index (χ1v) is 14.4. The summed E-state index contributed by atoms with van der Waals surface area (Å²) in [5.41, 5.74) is 3.45. The Morgan fingerprint density at radius 1 is 1.05 bits per heavy atom. The molecule has 0 bridgehead atoms. The predicted molar refractivity (Wildman–Crippen MR) is 149 cm³/mol. The van der Waals surface area contributed by atoms with Crippen LogP contribution >= 0.6 is 11.8 Å². The molecule has 2 saturated heterocycles. The normalized spacial score (nSPS) is 26.5. The van der Waals surface area contributed by atoms with Gasteiger partial charge in [0.2, 0.25) is 12.7 Å². The third-order valence-corrected chi connectivity index (χ3v) is 9.68. The number of carbonyl (C=O) groups excluding carboxylic acids is 2. The van der Waals surface area contributed by atoms with Gasteiger partial charge >= 0.3 is 0 Å². The minimum Gasteiger partial charge on any atom is -0.454 e. The lowest BCUT2D eigenvalue weighted by atomic mass is 9.83. The minimum atomic E-state index is -0.00480. The van der Waals surface area contributed by atoms with Crippen molar-refractivity contribution in [2.75, 3.05) is 40.0 Å². The topological polar surface area (TPSA) is 62.3 Å². The maximum atomic E-state index is 13.5. The summed E-state index contributed by atoms with van der Waals surface area (Å²) in [6, 6.07) is 14.5. The van der Waals surface area contributed by atoms with Gasteiger partial charge in [0.15, 0.2) is 11.5 Å². The van der Waals surface area contributed by atoms with Gasteiger partial charge < -0.3 is 19.3 Å². The third-order valence-electron chi connectivity index (χ3n) is 8.28. The Balaban J connectivity index is 1.03. The molecular formula is C30H35N3O4S. The smallest absolute Gasteiger partial charge is 0.260 e. The molecule has 1 aliphatic carbocycles. The van der Waals surface area contributed by atoms with Crippen LogP contribution in [0.4, 0.5) is 0 Å². The van der Waals surface area contributed by atoms with Gasteiger partial charge in [0, 0.05) is 57.0 Å². The van der Waals surface area contributed by atoms with Crippen LogP contribution in [0.15, 0.2) is 47.4 Å². The van der Waals surface area contributed by atoms with Crippen molar-refractivity contribution in [2.45, 2.75) is 44.0 Å². The van der Waals surface area contributed by atoms with Crippen LogP contribution in [0.3, 0.4) is 0 Å². The molecule has 0 aromatic heterocycles. The van der Waals surface area contributed by atoms with Crippen LogP contribution in [-0.4, -0.2) is 77.8 Å². The molecule has 38 heavy (non-hydrogen) atoms. The van der Waals surface area contributed by atoms with Crippen molar-refractivity contribution in [1.82, 2.24) is 14.7 Å². The van der Waals surface area contributed by atoms with Crippen LogP contribution in [0.25, 0.3) is 6.08 Å². The molecule has 3 heterocycles. The van der Waals surface area contributed by atoms with Crippen molar-refractivity contribution < 1.29 is 19.1 Å². The van der Waals surface area contributed by atoms with Crippen LogP contribution < -0.4 is 9.47 Å². The third kappa shape index (κ3) is 5.16. The number of thioether (sulfide) groups is 1. The summed E-state index contributed by atoms with van der Waals surface area (Å²) < 4.78 is 10.9. The lowest BCUT2D eigenvalue weighted by Gasteiger charge is -2.45. The lowest BCUT2D eigenvalue weighted by Crippen LogP contribution is -2.54. The van der Waals surface area contributed by atoms with Crippen LogP contribution in [0.2, 0.25) is 0 Å². The molecule has 4 aliphatic rings. The number of likely N-dealkylation sites (N-methyl/N-ethyl adjacent to an activating group) is 1. The zero-order valence-corrected chi connectivity index (χ0v) is 22.9. The zero-order valence-electron chi connectivity index (χ0n) is 22.1. The van der Waals surface area contributed by atoms with Gasteiger partial charge in [-0.15, -0.1) is 11.8 Å². The van der Waals surface area contributed by atoms with Crippen molar-refractivity contribution in [3.63, 3.8) is 0 Å². The Morgan fingerprint density at radius 3 is 2.68 bits per heavy atom. The van der Waals surface area contributed by atoms with Gasteiger partial charge in [-0.25, -0.2) is 0 Å². The predicted octanol–water partition coefficient (Wildman–Crippen LogP) is 4.15. The number of hydrogen-bond donors (Lipinski definition) is 0. The molecule has 0 N–H and O–H groups in total. The summed E-state index contributed by atoms with van der Waals surface area (Å²) >= 11 is 1.71. The van der Waals surface area contributed by atoms with Crippen molar-refractivity contribution in [3.05, 3.63) is 64.1 Å². The molecule has 0 spiro atoms. The summed E-state index contributed by atoms with van der Waals surface area (Å²) in [4.78, 5) is 33.9. The van der Waals surface area contributed by atoms with Crippen LogP contribution in [0.1, 0.15) is 36.0 Å². The molecule has 8 heteroatoms. The van der Waals surface area contributed by atoms with Gasteiger partial charge in [0.25, 0.3) is 5.91 Å². The highest BCUT2D eigenvalue weighted by molar-refractivity contribution is 8.04. The lowest BCUT2D eigenvalue weighted by molar-refractivity contribution is -0.140. The van der Waals surface area contributed by atoms with Crippen LogP contribution in [0.5, 0.6) is 11.5 Å². The second-order valence-electron chi connectivity index (χ2n) is 10.9. The maximum Gasteiger partial charge on any atom is 0.260 e.